The Balaban J connectivity index is 2.19. The lowest BCUT2D eigenvalue weighted by molar-refractivity contribution is -0.384. The molecule has 2 aromatic rings. The van der Waals surface area contributed by atoms with Crippen LogP contribution in [0.25, 0.3) is 0 Å². The van der Waals surface area contributed by atoms with Gasteiger partial charge >= 0.3 is 0 Å². The summed E-state index contributed by atoms with van der Waals surface area (Å²) in [6.45, 7) is 0. The van der Waals surface area contributed by atoms with Crippen LogP contribution in [-0.2, 0) is 6.42 Å². The number of nitro groups is 1. The molecule has 0 radical (unpaired) electrons. The highest BCUT2D eigenvalue weighted by Crippen LogP contribution is 2.15. The summed E-state index contributed by atoms with van der Waals surface area (Å²) in [7, 11) is 0. The quantitative estimate of drug-likeness (QED) is 0.276. The van der Waals surface area contributed by atoms with Gasteiger partial charge in [-0.2, -0.15) is 0 Å². The molecule has 0 saturated carbocycles. The summed E-state index contributed by atoms with van der Waals surface area (Å²) >= 11 is 1.39. The lowest BCUT2D eigenvalue weighted by Crippen LogP contribution is -2.06. The van der Waals surface area contributed by atoms with Crippen molar-refractivity contribution in [2.24, 2.45) is 0 Å². The molecule has 0 amide bonds. The minimum absolute atomic E-state index is 0.0941. The van der Waals surface area contributed by atoms with Crippen molar-refractivity contribution in [2.45, 2.75) is 11.6 Å². The van der Waals surface area contributed by atoms with E-state index >= 15 is 0 Å². The van der Waals surface area contributed by atoms with Gasteiger partial charge in [0.1, 0.15) is 0 Å². The number of Topliss-reactive ketones (excluding diaryl/α,β-unsaturated/α-hetero) is 1. The minimum Gasteiger partial charge on any atom is -0.294 e. The zero-order valence-corrected chi connectivity index (χ0v) is 11.5. The predicted molar refractivity (Wildman–Crippen MR) is 74.9 cm³/mol. The Hall–Kier alpha value is -2.28. The Morgan fingerprint density at radius 3 is 2.90 bits per heavy atom. The molecule has 1 aromatic heterocycles. The number of benzene rings is 1. The summed E-state index contributed by atoms with van der Waals surface area (Å²) in [5.41, 5.74) is 0.813. The first-order valence-electron chi connectivity index (χ1n) is 5.73. The molecule has 7 heteroatoms. The van der Waals surface area contributed by atoms with Gasteiger partial charge in [0.2, 0.25) is 0 Å². The minimum atomic E-state index is -0.521. The first-order valence-corrected chi connectivity index (χ1v) is 6.96. The predicted octanol–water partition coefficient (Wildman–Crippen LogP) is 2.53. The van der Waals surface area contributed by atoms with E-state index in [9.17, 15) is 14.9 Å². The van der Waals surface area contributed by atoms with E-state index in [0.717, 1.165) is 0 Å². The summed E-state index contributed by atoms with van der Waals surface area (Å²) in [5.74, 6) is -0.209. The molecule has 0 aliphatic heterocycles. The molecule has 0 spiro atoms. The van der Waals surface area contributed by atoms with Gasteiger partial charge in [-0.1, -0.05) is 23.9 Å². The normalized spacial score (nSPS) is 10.2. The zero-order chi connectivity index (χ0) is 14.5. The van der Waals surface area contributed by atoms with Crippen molar-refractivity contribution in [3.63, 3.8) is 0 Å². The van der Waals surface area contributed by atoms with Gasteiger partial charge in [-0.05, 0) is 12.3 Å². The number of aromatic nitrogens is 2. The van der Waals surface area contributed by atoms with E-state index in [-0.39, 0.29) is 17.9 Å². The number of ketones is 1. The molecular formula is C13H11N3O3S. The second-order valence-corrected chi connectivity index (χ2v) is 4.72. The van der Waals surface area contributed by atoms with Crippen molar-refractivity contribution in [1.29, 1.82) is 0 Å². The number of carbonyl (C=O) groups excluding carboxylic acids is 1. The Bertz CT molecular complexity index is 661. The van der Waals surface area contributed by atoms with Crippen LogP contribution in [0.4, 0.5) is 5.69 Å². The maximum Gasteiger partial charge on any atom is 0.270 e. The van der Waals surface area contributed by atoms with Crippen molar-refractivity contribution in [1.82, 2.24) is 9.97 Å². The van der Waals surface area contributed by atoms with Crippen LogP contribution in [-0.4, -0.2) is 26.9 Å². The van der Waals surface area contributed by atoms with E-state index < -0.39 is 4.92 Å². The van der Waals surface area contributed by atoms with Crippen LogP contribution >= 0.6 is 11.8 Å². The second-order valence-electron chi connectivity index (χ2n) is 3.94. The molecule has 1 aromatic carbocycles. The van der Waals surface area contributed by atoms with Crippen LogP contribution in [0.1, 0.15) is 16.1 Å². The number of hydrogen-bond donors (Lipinski definition) is 0. The first-order chi connectivity index (χ1) is 9.60. The van der Waals surface area contributed by atoms with Gasteiger partial charge in [0.05, 0.1) is 17.0 Å². The number of non-ortho nitro benzene ring substituents is 1. The van der Waals surface area contributed by atoms with Gasteiger partial charge in [-0.3, -0.25) is 14.9 Å². The summed E-state index contributed by atoms with van der Waals surface area (Å²) < 4.78 is 0. The zero-order valence-electron chi connectivity index (χ0n) is 10.6. The third-order valence-corrected chi connectivity index (χ3v) is 3.16. The molecule has 0 aliphatic carbocycles. The lowest BCUT2D eigenvalue weighted by atomic mass is 10.1. The second kappa shape index (κ2) is 6.25. The molecule has 0 bridgehead atoms. The average Bonchev–Trinajstić information content (AvgIpc) is 2.47. The molecule has 0 fully saturated rings. The summed E-state index contributed by atoms with van der Waals surface area (Å²) in [5, 5.41) is 11.3. The molecule has 0 aliphatic rings. The largest absolute Gasteiger partial charge is 0.294 e. The van der Waals surface area contributed by atoms with E-state index in [4.69, 9.17) is 0 Å². The molecule has 0 saturated heterocycles. The highest BCUT2D eigenvalue weighted by molar-refractivity contribution is 7.98. The van der Waals surface area contributed by atoms with Crippen molar-refractivity contribution in [3.8, 4) is 0 Å². The molecule has 20 heavy (non-hydrogen) atoms. The topological polar surface area (TPSA) is 86.0 Å². The Morgan fingerprint density at radius 2 is 2.20 bits per heavy atom. The molecule has 0 atom stereocenters. The van der Waals surface area contributed by atoms with Crippen molar-refractivity contribution in [2.75, 3.05) is 6.26 Å². The highest BCUT2D eigenvalue weighted by atomic mass is 32.2. The molecule has 0 unspecified atom stereocenters. The Labute approximate surface area is 119 Å². The summed E-state index contributed by atoms with van der Waals surface area (Å²) in [6, 6.07) is 7.35. The van der Waals surface area contributed by atoms with E-state index in [1.807, 2.05) is 6.26 Å². The van der Waals surface area contributed by atoms with E-state index in [2.05, 4.69) is 9.97 Å². The maximum atomic E-state index is 12.1. The van der Waals surface area contributed by atoms with Gasteiger partial charge in [-0.15, -0.1) is 0 Å². The average molecular weight is 289 g/mol. The maximum absolute atomic E-state index is 12.1. The first kappa shape index (κ1) is 14.1. The number of nitrogens with zero attached hydrogens (tertiary/aromatic N) is 3. The molecule has 0 N–H and O–H groups in total. The third kappa shape index (κ3) is 3.39. The van der Waals surface area contributed by atoms with Crippen LogP contribution in [0.3, 0.4) is 0 Å². The van der Waals surface area contributed by atoms with Gasteiger partial charge < -0.3 is 0 Å². The molecule has 2 rings (SSSR count). The molecule has 6 nitrogen and oxygen atoms in total. The number of thioether (sulfide) groups is 1. The number of hydrogen-bond acceptors (Lipinski definition) is 6. The monoisotopic (exact) mass is 289 g/mol. The highest BCUT2D eigenvalue weighted by Gasteiger charge is 2.13. The molecule has 1 heterocycles. The summed E-state index contributed by atoms with van der Waals surface area (Å²) in [4.78, 5) is 30.5. The van der Waals surface area contributed by atoms with Gasteiger partial charge in [0.15, 0.2) is 10.9 Å². The number of nitro benzene ring substituents is 1. The number of carbonyl (C=O) groups is 1. The van der Waals surface area contributed by atoms with Gasteiger partial charge in [-0.25, -0.2) is 9.97 Å². The van der Waals surface area contributed by atoms with Gasteiger partial charge in [0, 0.05) is 23.9 Å². The fourth-order valence-electron chi connectivity index (χ4n) is 1.63. The van der Waals surface area contributed by atoms with Crippen LogP contribution in [0.5, 0.6) is 0 Å². The number of rotatable bonds is 5. The van der Waals surface area contributed by atoms with E-state index in [0.29, 0.717) is 16.4 Å². The SMILES string of the molecule is CSc1nccc(CC(=O)c2cccc([N+](=O)[O-])c2)n1. The van der Waals surface area contributed by atoms with E-state index in [1.165, 1.54) is 30.0 Å². The van der Waals surface area contributed by atoms with Gasteiger partial charge in [0.25, 0.3) is 5.69 Å². The van der Waals surface area contributed by atoms with Crippen LogP contribution in [0.15, 0.2) is 41.7 Å². The fraction of sp³-hybridized carbons (Fsp3) is 0.154. The summed E-state index contributed by atoms with van der Waals surface area (Å²) in [6.07, 6.45) is 3.54. The molecular weight excluding hydrogens is 278 g/mol. The standard InChI is InChI=1S/C13H11N3O3S/c1-20-13-14-6-5-10(15-13)8-12(17)9-3-2-4-11(7-9)16(18)19/h2-7H,8H2,1H3. The van der Waals surface area contributed by atoms with Crippen LogP contribution < -0.4 is 0 Å². The fourth-order valence-corrected chi connectivity index (χ4v) is 2.01. The third-order valence-electron chi connectivity index (χ3n) is 2.59. The Kier molecular flexibility index (Phi) is 4.41. The van der Waals surface area contributed by atoms with Crippen LogP contribution in [0, 0.1) is 10.1 Å². The molecule has 102 valence electrons. The van der Waals surface area contributed by atoms with E-state index in [1.54, 1.807) is 18.3 Å². The lowest BCUT2D eigenvalue weighted by Gasteiger charge is -2.02. The van der Waals surface area contributed by atoms with Crippen molar-refractivity contribution < 1.29 is 9.72 Å². The Morgan fingerprint density at radius 1 is 1.40 bits per heavy atom. The van der Waals surface area contributed by atoms with Crippen LogP contribution in [0.2, 0.25) is 0 Å². The van der Waals surface area contributed by atoms with Crippen molar-refractivity contribution in [3.05, 3.63) is 57.9 Å². The van der Waals surface area contributed by atoms with Crippen molar-refractivity contribution >= 4 is 23.2 Å². The smallest absolute Gasteiger partial charge is 0.270 e.